The number of amides is 1. The van der Waals surface area contributed by atoms with Crippen molar-refractivity contribution in [2.24, 2.45) is 5.41 Å². The Morgan fingerprint density at radius 1 is 1.32 bits per heavy atom. The number of carbonyl (C=O) groups excluding carboxylic acids is 1. The molecule has 1 amide bonds. The SMILES string of the molecule is CCC(Oc1ccccc1C)C(=O)NCCC(C)(C)C(=O)O. The Morgan fingerprint density at radius 2 is 1.95 bits per heavy atom. The number of hydrogen-bond donors (Lipinski definition) is 2. The predicted molar refractivity (Wildman–Crippen MR) is 84.9 cm³/mol. The van der Waals surface area contributed by atoms with Crippen molar-refractivity contribution in [3.63, 3.8) is 0 Å². The molecular weight excluding hydrogens is 282 g/mol. The number of rotatable bonds is 8. The average molecular weight is 307 g/mol. The van der Waals surface area contributed by atoms with Gasteiger partial charge in [-0.15, -0.1) is 0 Å². The molecule has 22 heavy (non-hydrogen) atoms. The molecule has 5 heteroatoms. The summed E-state index contributed by atoms with van der Waals surface area (Å²) >= 11 is 0. The Bertz CT molecular complexity index is 525. The first-order valence-electron chi connectivity index (χ1n) is 7.51. The van der Waals surface area contributed by atoms with Crippen molar-refractivity contribution >= 4 is 11.9 Å². The molecule has 122 valence electrons. The number of carbonyl (C=O) groups is 2. The van der Waals surface area contributed by atoms with Crippen molar-refractivity contribution in [3.8, 4) is 5.75 Å². The summed E-state index contributed by atoms with van der Waals surface area (Å²) in [4.78, 5) is 23.2. The van der Waals surface area contributed by atoms with Crippen LogP contribution in [0.3, 0.4) is 0 Å². The van der Waals surface area contributed by atoms with Gasteiger partial charge in [0, 0.05) is 6.54 Å². The topological polar surface area (TPSA) is 75.6 Å². The molecule has 0 spiro atoms. The number of para-hydroxylation sites is 1. The highest BCUT2D eigenvalue weighted by molar-refractivity contribution is 5.81. The van der Waals surface area contributed by atoms with Crippen LogP contribution in [-0.4, -0.2) is 29.6 Å². The van der Waals surface area contributed by atoms with Gasteiger partial charge >= 0.3 is 5.97 Å². The fraction of sp³-hybridized carbons (Fsp3) is 0.529. The lowest BCUT2D eigenvalue weighted by Crippen LogP contribution is -2.40. The summed E-state index contributed by atoms with van der Waals surface area (Å²) in [6, 6.07) is 7.54. The minimum atomic E-state index is -0.870. The molecule has 0 aliphatic heterocycles. The first-order chi connectivity index (χ1) is 10.3. The third-order valence-electron chi connectivity index (χ3n) is 3.65. The van der Waals surface area contributed by atoms with Crippen LogP contribution in [0.4, 0.5) is 0 Å². The maximum absolute atomic E-state index is 12.2. The van der Waals surface area contributed by atoms with Gasteiger partial charge in [0.1, 0.15) is 5.75 Å². The number of hydrogen-bond acceptors (Lipinski definition) is 3. The van der Waals surface area contributed by atoms with Crippen molar-refractivity contribution in [2.75, 3.05) is 6.54 Å². The molecule has 0 bridgehead atoms. The molecule has 1 atom stereocenters. The van der Waals surface area contributed by atoms with Crippen LogP contribution < -0.4 is 10.1 Å². The lowest BCUT2D eigenvalue weighted by atomic mass is 9.90. The summed E-state index contributed by atoms with van der Waals surface area (Å²) in [6.07, 6.45) is 0.339. The third-order valence-corrected chi connectivity index (χ3v) is 3.65. The van der Waals surface area contributed by atoms with Crippen molar-refractivity contribution < 1.29 is 19.4 Å². The molecule has 2 N–H and O–H groups in total. The van der Waals surface area contributed by atoms with E-state index >= 15 is 0 Å². The van der Waals surface area contributed by atoms with Crippen LogP contribution in [0.25, 0.3) is 0 Å². The molecule has 0 saturated heterocycles. The molecule has 1 unspecified atom stereocenters. The van der Waals surface area contributed by atoms with Crippen LogP contribution in [0, 0.1) is 12.3 Å². The first-order valence-corrected chi connectivity index (χ1v) is 7.51. The van der Waals surface area contributed by atoms with Gasteiger partial charge in [0.25, 0.3) is 5.91 Å². The van der Waals surface area contributed by atoms with Crippen LogP contribution in [0.15, 0.2) is 24.3 Å². The molecular formula is C17H25NO4. The third kappa shape index (κ3) is 5.06. The largest absolute Gasteiger partial charge is 0.481 e. The molecule has 0 heterocycles. The summed E-state index contributed by atoms with van der Waals surface area (Å²) in [5.41, 5.74) is 0.118. The fourth-order valence-corrected chi connectivity index (χ4v) is 1.88. The second kappa shape index (κ2) is 7.82. The Hall–Kier alpha value is -2.04. The normalized spacial score (nSPS) is 12.5. The molecule has 5 nitrogen and oxygen atoms in total. The first kappa shape index (κ1) is 18.0. The Kier molecular flexibility index (Phi) is 6.40. The quantitative estimate of drug-likeness (QED) is 0.774. The summed E-state index contributed by atoms with van der Waals surface area (Å²) in [6.45, 7) is 7.40. The van der Waals surface area contributed by atoms with Crippen LogP contribution in [0.5, 0.6) is 5.75 Å². The number of carboxylic acid groups (broad SMARTS) is 1. The average Bonchev–Trinajstić information content (AvgIpc) is 2.45. The van der Waals surface area contributed by atoms with Gasteiger partial charge in [-0.2, -0.15) is 0 Å². The molecule has 1 aromatic carbocycles. The fourth-order valence-electron chi connectivity index (χ4n) is 1.88. The van der Waals surface area contributed by atoms with E-state index in [1.165, 1.54) is 0 Å². The lowest BCUT2D eigenvalue weighted by molar-refractivity contribution is -0.147. The molecule has 1 rings (SSSR count). The Balaban J connectivity index is 2.55. The van der Waals surface area contributed by atoms with Crippen molar-refractivity contribution in [3.05, 3.63) is 29.8 Å². The van der Waals surface area contributed by atoms with Crippen molar-refractivity contribution in [1.29, 1.82) is 0 Å². The lowest BCUT2D eigenvalue weighted by Gasteiger charge is -2.21. The zero-order chi connectivity index (χ0) is 16.8. The van der Waals surface area contributed by atoms with E-state index in [-0.39, 0.29) is 5.91 Å². The van der Waals surface area contributed by atoms with Gasteiger partial charge in [0.15, 0.2) is 6.10 Å². The molecule has 0 aliphatic carbocycles. The summed E-state index contributed by atoms with van der Waals surface area (Å²) in [5.74, 6) is -0.396. The highest BCUT2D eigenvalue weighted by Gasteiger charge is 2.27. The van der Waals surface area contributed by atoms with E-state index in [1.54, 1.807) is 13.8 Å². The second-order valence-electron chi connectivity index (χ2n) is 6.01. The van der Waals surface area contributed by atoms with Crippen LogP contribution in [-0.2, 0) is 9.59 Å². The Labute approximate surface area is 131 Å². The molecule has 0 saturated carbocycles. The molecule has 0 fully saturated rings. The zero-order valence-corrected chi connectivity index (χ0v) is 13.7. The zero-order valence-electron chi connectivity index (χ0n) is 13.7. The highest BCUT2D eigenvalue weighted by Crippen LogP contribution is 2.20. The molecule has 1 aromatic rings. The summed E-state index contributed by atoms with van der Waals surface area (Å²) in [5, 5.41) is 11.8. The Morgan fingerprint density at radius 3 is 2.50 bits per heavy atom. The highest BCUT2D eigenvalue weighted by atomic mass is 16.5. The maximum Gasteiger partial charge on any atom is 0.309 e. The molecule has 0 radical (unpaired) electrons. The number of ether oxygens (including phenoxy) is 1. The monoisotopic (exact) mass is 307 g/mol. The molecule has 0 aliphatic rings. The summed E-state index contributed by atoms with van der Waals surface area (Å²) in [7, 11) is 0. The van der Waals surface area contributed by atoms with E-state index in [0.717, 1.165) is 5.56 Å². The minimum absolute atomic E-state index is 0.216. The van der Waals surface area contributed by atoms with E-state index in [4.69, 9.17) is 9.84 Å². The van der Waals surface area contributed by atoms with E-state index in [1.807, 2.05) is 38.1 Å². The van der Waals surface area contributed by atoms with Gasteiger partial charge in [0.05, 0.1) is 5.41 Å². The number of nitrogens with one attached hydrogen (secondary N) is 1. The van der Waals surface area contributed by atoms with Crippen molar-refractivity contribution in [1.82, 2.24) is 5.32 Å². The van der Waals surface area contributed by atoms with E-state index in [0.29, 0.717) is 25.1 Å². The minimum Gasteiger partial charge on any atom is -0.481 e. The van der Waals surface area contributed by atoms with Gasteiger partial charge in [0.2, 0.25) is 0 Å². The van der Waals surface area contributed by atoms with Crippen LogP contribution in [0.1, 0.15) is 39.2 Å². The maximum atomic E-state index is 12.2. The summed E-state index contributed by atoms with van der Waals surface area (Å²) < 4.78 is 5.76. The second-order valence-corrected chi connectivity index (χ2v) is 6.01. The number of carboxylic acids is 1. The molecule has 0 aromatic heterocycles. The van der Waals surface area contributed by atoms with Gasteiger partial charge in [-0.1, -0.05) is 25.1 Å². The van der Waals surface area contributed by atoms with Crippen molar-refractivity contribution in [2.45, 2.75) is 46.6 Å². The standard InChI is InChI=1S/C17H25NO4/c1-5-13(22-14-9-7-6-8-12(14)2)15(19)18-11-10-17(3,4)16(20)21/h6-9,13H,5,10-11H2,1-4H3,(H,18,19)(H,20,21). The van der Waals surface area contributed by atoms with Gasteiger partial charge in [-0.25, -0.2) is 0 Å². The number of aryl methyl sites for hydroxylation is 1. The van der Waals surface area contributed by atoms with Gasteiger partial charge < -0.3 is 15.2 Å². The predicted octanol–water partition coefficient (Wildman–Crippen LogP) is 2.77. The van der Waals surface area contributed by atoms with Gasteiger partial charge in [-0.05, 0) is 45.2 Å². The van der Waals surface area contributed by atoms with Crippen LogP contribution in [0.2, 0.25) is 0 Å². The number of aliphatic carboxylic acids is 1. The van der Waals surface area contributed by atoms with E-state index in [9.17, 15) is 9.59 Å². The number of benzene rings is 1. The smallest absolute Gasteiger partial charge is 0.309 e. The van der Waals surface area contributed by atoms with E-state index < -0.39 is 17.5 Å². The van der Waals surface area contributed by atoms with Gasteiger partial charge in [-0.3, -0.25) is 9.59 Å². The van der Waals surface area contributed by atoms with E-state index in [2.05, 4.69) is 5.32 Å². The van der Waals surface area contributed by atoms with Crippen LogP contribution >= 0.6 is 0 Å².